The maximum Gasteiger partial charge on any atom is 0.0582 e. The van der Waals surface area contributed by atoms with Crippen LogP contribution in [0.3, 0.4) is 0 Å². The van der Waals surface area contributed by atoms with Crippen LogP contribution in [-0.4, -0.2) is 12.2 Å². The van der Waals surface area contributed by atoms with Crippen LogP contribution < -0.4 is 0 Å². The smallest absolute Gasteiger partial charge is 0.0582 e. The van der Waals surface area contributed by atoms with E-state index in [0.717, 1.165) is 5.92 Å². The van der Waals surface area contributed by atoms with Crippen molar-refractivity contribution in [3.05, 3.63) is 0 Å². The predicted molar refractivity (Wildman–Crippen MR) is 56.7 cm³/mol. The summed E-state index contributed by atoms with van der Waals surface area (Å²) >= 11 is 0. The molecule has 13 heavy (non-hydrogen) atoms. The van der Waals surface area contributed by atoms with Gasteiger partial charge < -0.3 is 4.74 Å². The number of hydrogen-bond acceptors (Lipinski definition) is 1. The summed E-state index contributed by atoms with van der Waals surface area (Å²) in [6.07, 6.45) is 2.17. The minimum absolute atomic E-state index is 0.431. The summed E-state index contributed by atoms with van der Waals surface area (Å²) in [5.41, 5.74) is 0.431. The number of rotatable bonds is 1. The van der Waals surface area contributed by atoms with Gasteiger partial charge in [0.25, 0.3) is 0 Å². The van der Waals surface area contributed by atoms with E-state index in [1.807, 2.05) is 0 Å². The molecule has 4 atom stereocenters. The fourth-order valence-corrected chi connectivity index (χ4v) is 2.40. The van der Waals surface area contributed by atoms with Crippen LogP contribution in [0.5, 0.6) is 0 Å². The highest BCUT2D eigenvalue weighted by Crippen LogP contribution is 2.39. The van der Waals surface area contributed by atoms with Crippen LogP contribution in [0.2, 0.25) is 0 Å². The first-order valence-electron chi connectivity index (χ1n) is 5.47. The van der Waals surface area contributed by atoms with Gasteiger partial charge in [0.05, 0.1) is 12.2 Å². The largest absolute Gasteiger partial charge is 0.375 e. The molecule has 0 spiro atoms. The zero-order valence-electron chi connectivity index (χ0n) is 9.92. The normalized spacial score (nSPS) is 41.1. The van der Waals surface area contributed by atoms with Gasteiger partial charge in [0.2, 0.25) is 0 Å². The third-order valence-corrected chi connectivity index (χ3v) is 3.30. The second kappa shape index (κ2) is 3.61. The maximum atomic E-state index is 5.83. The highest BCUT2D eigenvalue weighted by molar-refractivity contribution is 4.86. The van der Waals surface area contributed by atoms with E-state index >= 15 is 0 Å². The van der Waals surface area contributed by atoms with Crippen molar-refractivity contribution in [1.29, 1.82) is 0 Å². The third kappa shape index (κ3) is 2.70. The lowest BCUT2D eigenvalue weighted by Crippen LogP contribution is -2.23. The minimum atomic E-state index is 0.431. The first kappa shape index (κ1) is 11.0. The highest BCUT2D eigenvalue weighted by Gasteiger charge is 2.38. The van der Waals surface area contributed by atoms with Gasteiger partial charge in [-0.15, -0.1) is 0 Å². The van der Waals surface area contributed by atoms with Crippen molar-refractivity contribution in [2.24, 2.45) is 17.3 Å². The van der Waals surface area contributed by atoms with Crippen molar-refractivity contribution in [1.82, 2.24) is 0 Å². The summed E-state index contributed by atoms with van der Waals surface area (Å²) in [6, 6.07) is 0. The van der Waals surface area contributed by atoms with Crippen LogP contribution in [-0.2, 0) is 4.74 Å². The van der Waals surface area contributed by atoms with Crippen molar-refractivity contribution in [2.75, 3.05) is 0 Å². The average molecular weight is 184 g/mol. The Morgan fingerprint density at radius 1 is 1.00 bits per heavy atom. The fourth-order valence-electron chi connectivity index (χ4n) is 2.40. The van der Waals surface area contributed by atoms with E-state index in [0.29, 0.717) is 23.5 Å². The van der Waals surface area contributed by atoms with Gasteiger partial charge in [-0.3, -0.25) is 0 Å². The molecule has 1 heteroatoms. The van der Waals surface area contributed by atoms with Gasteiger partial charge in [0, 0.05) is 0 Å². The van der Waals surface area contributed by atoms with E-state index in [1.165, 1.54) is 6.42 Å². The van der Waals surface area contributed by atoms with Crippen LogP contribution in [0, 0.1) is 17.3 Å². The maximum absolute atomic E-state index is 5.83. The minimum Gasteiger partial charge on any atom is -0.375 e. The SMILES string of the molecule is CC1[C@H](C)O[C@H](C)[C@@H]1CC(C)(C)C. The second-order valence-corrected chi connectivity index (χ2v) is 5.83. The van der Waals surface area contributed by atoms with Crippen LogP contribution in [0.25, 0.3) is 0 Å². The van der Waals surface area contributed by atoms with E-state index in [1.54, 1.807) is 0 Å². The van der Waals surface area contributed by atoms with E-state index in [4.69, 9.17) is 4.74 Å². The molecule has 1 saturated heterocycles. The molecule has 1 rings (SSSR count). The Morgan fingerprint density at radius 2 is 1.54 bits per heavy atom. The monoisotopic (exact) mass is 184 g/mol. The molecule has 0 bridgehead atoms. The van der Waals surface area contributed by atoms with Gasteiger partial charge in [-0.2, -0.15) is 0 Å². The zero-order valence-corrected chi connectivity index (χ0v) is 9.92. The molecule has 1 unspecified atom stereocenters. The molecule has 1 aliphatic rings. The molecule has 0 aromatic rings. The van der Waals surface area contributed by atoms with E-state index in [9.17, 15) is 0 Å². The second-order valence-electron chi connectivity index (χ2n) is 5.83. The zero-order chi connectivity index (χ0) is 10.2. The topological polar surface area (TPSA) is 9.23 Å². The van der Waals surface area contributed by atoms with Gasteiger partial charge in [-0.05, 0) is 37.5 Å². The van der Waals surface area contributed by atoms with Gasteiger partial charge >= 0.3 is 0 Å². The fraction of sp³-hybridized carbons (Fsp3) is 1.00. The van der Waals surface area contributed by atoms with Gasteiger partial charge in [0.15, 0.2) is 0 Å². The van der Waals surface area contributed by atoms with Gasteiger partial charge in [0.1, 0.15) is 0 Å². The Labute approximate surface area is 82.9 Å². The van der Waals surface area contributed by atoms with Crippen LogP contribution in [0.4, 0.5) is 0 Å². The summed E-state index contributed by atoms with van der Waals surface area (Å²) in [6.45, 7) is 13.7. The molecule has 0 amide bonds. The third-order valence-electron chi connectivity index (χ3n) is 3.30. The summed E-state index contributed by atoms with van der Waals surface area (Å²) in [7, 11) is 0. The quantitative estimate of drug-likeness (QED) is 0.606. The summed E-state index contributed by atoms with van der Waals surface area (Å²) < 4.78 is 5.83. The first-order valence-corrected chi connectivity index (χ1v) is 5.47. The molecule has 1 fully saturated rings. The molecule has 78 valence electrons. The molecule has 1 nitrogen and oxygen atoms in total. The van der Waals surface area contributed by atoms with E-state index < -0.39 is 0 Å². The lowest BCUT2D eigenvalue weighted by molar-refractivity contribution is 0.0473. The molecule has 0 aliphatic carbocycles. The Bertz CT molecular complexity index is 168. The van der Waals surface area contributed by atoms with E-state index in [2.05, 4.69) is 41.5 Å². The lowest BCUT2D eigenvalue weighted by atomic mass is 9.77. The van der Waals surface area contributed by atoms with E-state index in [-0.39, 0.29) is 0 Å². The molecule has 0 saturated carbocycles. The van der Waals surface area contributed by atoms with Crippen LogP contribution in [0.15, 0.2) is 0 Å². The standard InChI is InChI=1S/C12H24O/c1-8-9(2)13-10(3)11(8)7-12(4,5)6/h8-11H,7H2,1-6H3/t8?,9-,10+,11+/m0/s1. The molecule has 0 radical (unpaired) electrons. The van der Waals surface area contributed by atoms with Crippen LogP contribution in [0.1, 0.15) is 48.0 Å². The Hall–Kier alpha value is -0.0400. The molecular weight excluding hydrogens is 160 g/mol. The first-order chi connectivity index (χ1) is 5.81. The average Bonchev–Trinajstić information content (AvgIpc) is 2.14. The number of ether oxygens (including phenoxy) is 1. The lowest BCUT2D eigenvalue weighted by Gasteiger charge is -2.27. The van der Waals surface area contributed by atoms with Crippen molar-refractivity contribution in [3.63, 3.8) is 0 Å². The van der Waals surface area contributed by atoms with Crippen molar-refractivity contribution < 1.29 is 4.74 Å². The van der Waals surface area contributed by atoms with Crippen molar-refractivity contribution in [2.45, 2.75) is 60.2 Å². The van der Waals surface area contributed by atoms with Crippen LogP contribution >= 0.6 is 0 Å². The Balaban J connectivity index is 2.59. The summed E-state index contributed by atoms with van der Waals surface area (Å²) in [4.78, 5) is 0. The predicted octanol–water partition coefficient (Wildman–Crippen LogP) is 3.48. The number of hydrogen-bond donors (Lipinski definition) is 0. The van der Waals surface area contributed by atoms with Gasteiger partial charge in [-0.1, -0.05) is 27.7 Å². The summed E-state index contributed by atoms with van der Waals surface area (Å²) in [5, 5.41) is 0. The van der Waals surface area contributed by atoms with Crippen molar-refractivity contribution >= 4 is 0 Å². The molecule has 1 aliphatic heterocycles. The highest BCUT2D eigenvalue weighted by atomic mass is 16.5. The Kier molecular flexibility index (Phi) is 3.06. The Morgan fingerprint density at radius 3 is 1.85 bits per heavy atom. The van der Waals surface area contributed by atoms with Crippen molar-refractivity contribution in [3.8, 4) is 0 Å². The molecule has 0 N–H and O–H groups in total. The molecule has 0 aromatic carbocycles. The summed E-state index contributed by atoms with van der Waals surface area (Å²) in [5.74, 6) is 1.46. The molecule has 0 aromatic heterocycles. The molecule has 1 heterocycles. The van der Waals surface area contributed by atoms with Gasteiger partial charge in [-0.25, -0.2) is 0 Å². The molecular formula is C12H24O.